The Hall–Kier alpha value is -3.49. The van der Waals surface area contributed by atoms with E-state index in [1.807, 2.05) is 0 Å². The third kappa shape index (κ3) is 2.93. The normalized spacial score (nSPS) is 10.5. The number of nitro benzene ring substituents is 1. The molecular formula is C14H8FN3O5. The van der Waals surface area contributed by atoms with Crippen LogP contribution >= 0.6 is 0 Å². The van der Waals surface area contributed by atoms with Crippen molar-refractivity contribution in [3.05, 3.63) is 75.0 Å². The van der Waals surface area contributed by atoms with Crippen LogP contribution < -0.4 is 10.5 Å². The fourth-order valence-corrected chi connectivity index (χ4v) is 1.81. The molecule has 0 fully saturated rings. The fraction of sp³-hybridized carbons (Fsp3) is 0. The fourth-order valence-electron chi connectivity index (χ4n) is 1.81. The molecule has 0 atom stereocenters. The number of benzene rings is 2. The third-order valence-electron chi connectivity index (χ3n) is 2.86. The summed E-state index contributed by atoms with van der Waals surface area (Å²) in [5, 5.41) is 14.3. The van der Waals surface area contributed by atoms with E-state index in [2.05, 4.69) is 5.10 Å². The van der Waals surface area contributed by atoms with Gasteiger partial charge in [0.1, 0.15) is 17.3 Å². The average Bonchev–Trinajstić information content (AvgIpc) is 2.88. The predicted molar refractivity (Wildman–Crippen MR) is 75.2 cm³/mol. The number of hydrogen-bond acceptors (Lipinski definition) is 6. The Morgan fingerprint density at radius 3 is 2.52 bits per heavy atom. The van der Waals surface area contributed by atoms with Crippen LogP contribution in [0.5, 0.6) is 11.8 Å². The summed E-state index contributed by atoms with van der Waals surface area (Å²) in [7, 11) is 0. The molecule has 0 radical (unpaired) electrons. The quantitative estimate of drug-likeness (QED) is 0.541. The van der Waals surface area contributed by atoms with Crippen LogP contribution in [0.15, 0.2) is 57.7 Å². The highest BCUT2D eigenvalue weighted by Crippen LogP contribution is 2.22. The molecular weight excluding hydrogens is 309 g/mol. The molecule has 116 valence electrons. The number of non-ortho nitro benzene ring substituents is 1. The molecule has 3 rings (SSSR count). The lowest BCUT2D eigenvalue weighted by molar-refractivity contribution is -0.384. The lowest BCUT2D eigenvalue weighted by Crippen LogP contribution is -2.14. The van der Waals surface area contributed by atoms with Gasteiger partial charge in [-0.15, -0.1) is 0 Å². The molecule has 0 N–H and O–H groups in total. The van der Waals surface area contributed by atoms with E-state index in [4.69, 9.17) is 9.15 Å². The molecule has 1 aromatic heterocycles. The summed E-state index contributed by atoms with van der Waals surface area (Å²) in [6, 6.07) is 10.6. The van der Waals surface area contributed by atoms with E-state index < -0.39 is 22.6 Å². The summed E-state index contributed by atoms with van der Waals surface area (Å²) in [4.78, 5) is 21.7. The van der Waals surface area contributed by atoms with Crippen molar-refractivity contribution in [1.82, 2.24) is 9.78 Å². The van der Waals surface area contributed by atoms with E-state index in [9.17, 15) is 19.3 Å². The molecule has 2 aromatic carbocycles. The van der Waals surface area contributed by atoms with Crippen molar-refractivity contribution in [3.63, 3.8) is 0 Å². The van der Waals surface area contributed by atoms with E-state index >= 15 is 0 Å². The Morgan fingerprint density at radius 1 is 1.17 bits per heavy atom. The minimum Gasteiger partial charge on any atom is -0.410 e. The highest BCUT2D eigenvalue weighted by Gasteiger charge is 2.15. The van der Waals surface area contributed by atoms with Gasteiger partial charge in [-0.2, -0.15) is 4.68 Å². The lowest BCUT2D eigenvalue weighted by atomic mass is 10.3. The minimum absolute atomic E-state index is 0.0835. The Kier molecular flexibility index (Phi) is 3.59. The van der Waals surface area contributed by atoms with E-state index in [1.54, 1.807) is 0 Å². The number of halogens is 1. The number of para-hydroxylation sites is 1. The smallest absolute Gasteiger partial charge is 0.410 e. The first-order valence-corrected chi connectivity index (χ1v) is 6.32. The van der Waals surface area contributed by atoms with Crippen LogP contribution in [0.2, 0.25) is 0 Å². The van der Waals surface area contributed by atoms with E-state index in [0.29, 0.717) is 0 Å². The second-order valence-corrected chi connectivity index (χ2v) is 4.35. The van der Waals surface area contributed by atoms with Gasteiger partial charge >= 0.3 is 11.8 Å². The molecule has 9 heteroatoms. The van der Waals surface area contributed by atoms with Gasteiger partial charge in [-0.05, 0) is 24.3 Å². The molecule has 0 aliphatic heterocycles. The Labute approximate surface area is 127 Å². The molecule has 23 heavy (non-hydrogen) atoms. The van der Waals surface area contributed by atoms with Crippen molar-refractivity contribution in [1.29, 1.82) is 0 Å². The Bertz CT molecular complexity index is 917. The second kappa shape index (κ2) is 5.72. The van der Waals surface area contributed by atoms with E-state index in [1.165, 1.54) is 48.5 Å². The van der Waals surface area contributed by atoms with Crippen molar-refractivity contribution < 1.29 is 18.5 Å². The van der Waals surface area contributed by atoms with Gasteiger partial charge in [-0.25, -0.2) is 9.18 Å². The maximum atomic E-state index is 13.7. The van der Waals surface area contributed by atoms with Crippen LogP contribution in [0, 0.1) is 15.9 Å². The topological polar surface area (TPSA) is 100 Å². The molecule has 1 heterocycles. The predicted octanol–water partition coefficient (Wildman–Crippen LogP) is 2.67. The number of ether oxygens (including phenoxy) is 1. The first-order chi connectivity index (χ1) is 11.0. The summed E-state index contributed by atoms with van der Waals surface area (Å²) in [6.45, 7) is 0. The van der Waals surface area contributed by atoms with Crippen LogP contribution in [0.4, 0.5) is 10.1 Å². The molecule has 8 nitrogen and oxygen atoms in total. The van der Waals surface area contributed by atoms with Crippen LogP contribution in [0.1, 0.15) is 0 Å². The number of rotatable bonds is 4. The summed E-state index contributed by atoms with van der Waals surface area (Å²) in [5.74, 6) is -1.39. The first-order valence-electron chi connectivity index (χ1n) is 6.32. The zero-order valence-corrected chi connectivity index (χ0v) is 11.4. The van der Waals surface area contributed by atoms with E-state index in [-0.39, 0.29) is 17.1 Å². The third-order valence-corrected chi connectivity index (χ3v) is 2.86. The molecule has 0 unspecified atom stereocenters. The van der Waals surface area contributed by atoms with Crippen molar-refractivity contribution in [3.8, 4) is 17.5 Å². The molecule has 0 amide bonds. The summed E-state index contributed by atoms with van der Waals surface area (Å²) in [6.07, 6.45) is -0.410. The number of nitro groups is 1. The van der Waals surface area contributed by atoms with Crippen LogP contribution in [-0.2, 0) is 0 Å². The number of hydrogen-bond donors (Lipinski definition) is 0. The van der Waals surface area contributed by atoms with Gasteiger partial charge in [-0.3, -0.25) is 10.1 Å². The monoisotopic (exact) mass is 317 g/mol. The summed E-state index contributed by atoms with van der Waals surface area (Å²) < 4.78 is 24.4. The average molecular weight is 317 g/mol. The first kappa shape index (κ1) is 14.4. The van der Waals surface area contributed by atoms with Gasteiger partial charge in [0, 0.05) is 12.1 Å². The largest absolute Gasteiger partial charge is 0.444 e. The maximum Gasteiger partial charge on any atom is 0.444 e. The highest BCUT2D eigenvalue weighted by molar-refractivity contribution is 5.37. The standard InChI is InChI=1S/C14H8FN3O5/c15-11-3-1-2-4-12(11)17-14(19)23-13(16-17)22-10-7-5-9(6-8-10)18(20)21/h1-8H. The molecule has 0 spiro atoms. The van der Waals surface area contributed by atoms with Crippen molar-refractivity contribution in [2.75, 3.05) is 0 Å². The molecule has 0 saturated heterocycles. The molecule has 0 aliphatic carbocycles. The molecule has 3 aromatic rings. The number of nitrogens with zero attached hydrogens (tertiary/aromatic N) is 3. The van der Waals surface area contributed by atoms with Gasteiger partial charge in [0.05, 0.1) is 4.92 Å². The van der Waals surface area contributed by atoms with Gasteiger partial charge in [0.25, 0.3) is 5.69 Å². The Morgan fingerprint density at radius 2 is 1.87 bits per heavy atom. The zero-order chi connectivity index (χ0) is 16.4. The number of aromatic nitrogens is 2. The molecule has 0 saturated carbocycles. The van der Waals surface area contributed by atoms with Crippen molar-refractivity contribution >= 4 is 5.69 Å². The van der Waals surface area contributed by atoms with Crippen LogP contribution in [0.25, 0.3) is 5.69 Å². The van der Waals surface area contributed by atoms with E-state index in [0.717, 1.165) is 4.68 Å². The SMILES string of the molecule is O=c1oc(Oc2ccc([N+](=O)[O-])cc2)nn1-c1ccccc1F. The minimum atomic E-state index is -0.924. The second-order valence-electron chi connectivity index (χ2n) is 4.35. The van der Waals surface area contributed by atoms with Gasteiger partial charge in [0.15, 0.2) is 0 Å². The summed E-state index contributed by atoms with van der Waals surface area (Å²) >= 11 is 0. The molecule has 0 aliphatic rings. The highest BCUT2D eigenvalue weighted by atomic mass is 19.1. The van der Waals surface area contributed by atoms with Crippen LogP contribution in [-0.4, -0.2) is 14.7 Å². The van der Waals surface area contributed by atoms with Crippen molar-refractivity contribution in [2.24, 2.45) is 0 Å². The maximum absolute atomic E-state index is 13.7. The molecule has 0 bridgehead atoms. The van der Waals surface area contributed by atoms with Crippen molar-refractivity contribution in [2.45, 2.75) is 0 Å². The Balaban J connectivity index is 1.88. The van der Waals surface area contributed by atoms with Crippen LogP contribution in [0.3, 0.4) is 0 Å². The van der Waals surface area contributed by atoms with Gasteiger partial charge in [-0.1, -0.05) is 17.2 Å². The zero-order valence-electron chi connectivity index (χ0n) is 11.4. The summed E-state index contributed by atoms with van der Waals surface area (Å²) in [5.41, 5.74) is -0.199. The lowest BCUT2D eigenvalue weighted by Gasteiger charge is -2.00. The van der Waals surface area contributed by atoms with Gasteiger partial charge < -0.3 is 9.15 Å². The van der Waals surface area contributed by atoms with Gasteiger partial charge in [0.2, 0.25) is 0 Å².